The molecule has 1 atom stereocenters. The van der Waals surface area contributed by atoms with Crippen LogP contribution in [-0.2, 0) is 4.79 Å². The number of aryl methyl sites for hydroxylation is 4. The molecule has 128 valence electrons. The second kappa shape index (κ2) is 8.00. The fourth-order valence-electron chi connectivity index (χ4n) is 2.80. The molecule has 0 saturated carbocycles. The molecule has 3 nitrogen and oxygen atoms in total. The Kier molecular flexibility index (Phi) is 6.02. The molecule has 0 radical (unpaired) electrons. The molecule has 1 N–H and O–H groups in total. The number of ether oxygens (including phenoxy) is 1. The number of hydrogen-bond acceptors (Lipinski definition) is 2. The Bertz CT molecular complexity index is 702. The summed E-state index contributed by atoms with van der Waals surface area (Å²) in [6.45, 7) is 10.3. The number of amides is 1. The van der Waals surface area contributed by atoms with E-state index in [-0.39, 0.29) is 18.6 Å². The third-order valence-corrected chi connectivity index (χ3v) is 4.24. The summed E-state index contributed by atoms with van der Waals surface area (Å²) in [5, 5.41) is 3.07. The molecule has 0 bridgehead atoms. The summed E-state index contributed by atoms with van der Waals surface area (Å²) in [6, 6.07) is 12.3. The largest absolute Gasteiger partial charge is 0.484 e. The van der Waals surface area contributed by atoms with Crippen molar-refractivity contribution in [2.24, 2.45) is 0 Å². The van der Waals surface area contributed by atoms with Crippen LogP contribution in [0.3, 0.4) is 0 Å². The predicted octanol–water partition coefficient (Wildman–Crippen LogP) is 4.57. The second-order valence-corrected chi connectivity index (χ2v) is 6.48. The van der Waals surface area contributed by atoms with Gasteiger partial charge in [0.05, 0.1) is 6.04 Å². The predicted molar refractivity (Wildman–Crippen MR) is 98.5 cm³/mol. The fraction of sp³-hybridized carbons (Fsp3) is 0.381. The van der Waals surface area contributed by atoms with Crippen LogP contribution in [-0.4, -0.2) is 12.5 Å². The summed E-state index contributed by atoms with van der Waals surface area (Å²) in [5.41, 5.74) is 5.91. The summed E-state index contributed by atoms with van der Waals surface area (Å²) < 4.78 is 5.64. The van der Waals surface area contributed by atoms with Gasteiger partial charge < -0.3 is 10.1 Å². The Morgan fingerprint density at radius 3 is 2.25 bits per heavy atom. The molecule has 1 unspecified atom stereocenters. The molecular weight excluding hydrogens is 298 g/mol. The van der Waals surface area contributed by atoms with Crippen molar-refractivity contribution >= 4 is 5.91 Å². The molecule has 0 heterocycles. The number of hydrogen-bond donors (Lipinski definition) is 1. The van der Waals surface area contributed by atoms with Gasteiger partial charge in [-0.15, -0.1) is 0 Å². The monoisotopic (exact) mass is 325 g/mol. The molecule has 2 aromatic carbocycles. The third kappa shape index (κ3) is 4.85. The van der Waals surface area contributed by atoms with Crippen LogP contribution in [0, 0.1) is 27.7 Å². The SMILES string of the molecule is CCC(NC(=O)COc1cc(C)cc(C)c1)c1ccc(C)c(C)c1. The summed E-state index contributed by atoms with van der Waals surface area (Å²) in [7, 11) is 0. The van der Waals surface area contributed by atoms with Crippen LogP contribution in [0.15, 0.2) is 36.4 Å². The van der Waals surface area contributed by atoms with Crippen LogP contribution >= 0.6 is 0 Å². The molecule has 0 saturated heterocycles. The second-order valence-electron chi connectivity index (χ2n) is 6.48. The molecule has 2 rings (SSSR count). The van der Waals surface area contributed by atoms with Gasteiger partial charge in [-0.05, 0) is 74.1 Å². The minimum absolute atomic E-state index is 0.0136. The molecule has 3 heteroatoms. The Morgan fingerprint density at radius 2 is 1.67 bits per heavy atom. The van der Waals surface area contributed by atoms with Crippen LogP contribution in [0.1, 0.15) is 47.2 Å². The molecule has 0 aliphatic heterocycles. The van der Waals surface area contributed by atoms with Crippen molar-refractivity contribution in [2.45, 2.75) is 47.1 Å². The zero-order chi connectivity index (χ0) is 17.7. The number of carbonyl (C=O) groups is 1. The summed E-state index contributed by atoms with van der Waals surface area (Å²) in [6.07, 6.45) is 0.845. The normalized spacial score (nSPS) is 11.9. The van der Waals surface area contributed by atoms with Crippen LogP contribution in [0.4, 0.5) is 0 Å². The molecule has 0 aliphatic rings. The molecular formula is C21H27NO2. The lowest BCUT2D eigenvalue weighted by Crippen LogP contribution is -2.32. The quantitative estimate of drug-likeness (QED) is 0.845. The maximum absolute atomic E-state index is 12.2. The molecule has 0 aliphatic carbocycles. The van der Waals surface area contributed by atoms with Gasteiger partial charge in [-0.25, -0.2) is 0 Å². The number of rotatable bonds is 6. The van der Waals surface area contributed by atoms with Gasteiger partial charge in [-0.1, -0.05) is 31.2 Å². The topological polar surface area (TPSA) is 38.3 Å². The molecule has 1 amide bonds. The van der Waals surface area contributed by atoms with E-state index < -0.39 is 0 Å². The highest BCUT2D eigenvalue weighted by atomic mass is 16.5. The van der Waals surface area contributed by atoms with E-state index in [1.807, 2.05) is 26.0 Å². The first-order chi connectivity index (χ1) is 11.4. The highest BCUT2D eigenvalue weighted by Crippen LogP contribution is 2.20. The Morgan fingerprint density at radius 1 is 1.00 bits per heavy atom. The van der Waals surface area contributed by atoms with Crippen molar-refractivity contribution in [2.75, 3.05) is 6.61 Å². The van der Waals surface area contributed by atoms with Gasteiger partial charge >= 0.3 is 0 Å². The zero-order valence-electron chi connectivity index (χ0n) is 15.3. The Balaban J connectivity index is 1.97. The average Bonchev–Trinajstić information content (AvgIpc) is 2.52. The first-order valence-electron chi connectivity index (χ1n) is 8.46. The van der Waals surface area contributed by atoms with E-state index in [1.54, 1.807) is 0 Å². The van der Waals surface area contributed by atoms with E-state index in [2.05, 4.69) is 50.4 Å². The van der Waals surface area contributed by atoms with Crippen molar-refractivity contribution in [3.05, 3.63) is 64.2 Å². The van der Waals surface area contributed by atoms with Gasteiger partial charge in [0.2, 0.25) is 0 Å². The van der Waals surface area contributed by atoms with E-state index >= 15 is 0 Å². The lowest BCUT2D eigenvalue weighted by Gasteiger charge is -2.19. The lowest BCUT2D eigenvalue weighted by molar-refractivity contribution is -0.123. The number of nitrogens with one attached hydrogen (secondary N) is 1. The molecule has 0 aromatic heterocycles. The van der Waals surface area contributed by atoms with E-state index in [4.69, 9.17) is 4.74 Å². The van der Waals surface area contributed by atoms with Crippen LogP contribution in [0.25, 0.3) is 0 Å². The third-order valence-electron chi connectivity index (χ3n) is 4.24. The van der Waals surface area contributed by atoms with Crippen LogP contribution in [0.5, 0.6) is 5.75 Å². The summed E-state index contributed by atoms with van der Waals surface area (Å²) in [4.78, 5) is 12.2. The van der Waals surface area contributed by atoms with Gasteiger partial charge in [0.1, 0.15) is 5.75 Å². The van der Waals surface area contributed by atoms with Gasteiger partial charge in [0.25, 0.3) is 5.91 Å². The summed E-state index contributed by atoms with van der Waals surface area (Å²) in [5.74, 6) is 0.640. The van der Waals surface area contributed by atoms with E-state index in [0.29, 0.717) is 0 Å². The molecule has 24 heavy (non-hydrogen) atoms. The van der Waals surface area contributed by atoms with E-state index in [0.717, 1.165) is 28.9 Å². The van der Waals surface area contributed by atoms with Gasteiger partial charge in [-0.2, -0.15) is 0 Å². The van der Waals surface area contributed by atoms with Gasteiger partial charge in [0.15, 0.2) is 6.61 Å². The summed E-state index contributed by atoms with van der Waals surface area (Å²) >= 11 is 0. The van der Waals surface area contributed by atoms with Crippen molar-refractivity contribution in [3.63, 3.8) is 0 Å². The minimum atomic E-state index is -0.0979. The average molecular weight is 325 g/mol. The van der Waals surface area contributed by atoms with Crippen molar-refractivity contribution < 1.29 is 9.53 Å². The standard InChI is InChI=1S/C21H27NO2/c1-6-20(18-8-7-16(4)17(5)12-18)22-21(23)13-24-19-10-14(2)9-15(3)11-19/h7-12,20H,6,13H2,1-5H3,(H,22,23). The maximum atomic E-state index is 12.2. The lowest BCUT2D eigenvalue weighted by atomic mass is 9.99. The minimum Gasteiger partial charge on any atom is -0.484 e. The van der Waals surface area contributed by atoms with E-state index in [1.165, 1.54) is 11.1 Å². The smallest absolute Gasteiger partial charge is 0.258 e. The van der Waals surface area contributed by atoms with Crippen LogP contribution < -0.4 is 10.1 Å². The molecule has 2 aromatic rings. The Labute approximate surface area is 145 Å². The van der Waals surface area contributed by atoms with E-state index in [9.17, 15) is 4.79 Å². The molecule has 0 spiro atoms. The van der Waals surface area contributed by atoms with Crippen molar-refractivity contribution in [3.8, 4) is 5.75 Å². The highest BCUT2D eigenvalue weighted by Gasteiger charge is 2.14. The van der Waals surface area contributed by atoms with Crippen molar-refractivity contribution in [1.29, 1.82) is 0 Å². The molecule has 0 fully saturated rings. The number of carbonyl (C=O) groups excluding carboxylic acids is 1. The Hall–Kier alpha value is -2.29. The highest BCUT2D eigenvalue weighted by molar-refractivity contribution is 5.78. The first-order valence-corrected chi connectivity index (χ1v) is 8.46. The maximum Gasteiger partial charge on any atom is 0.258 e. The number of benzene rings is 2. The van der Waals surface area contributed by atoms with Gasteiger partial charge in [-0.3, -0.25) is 4.79 Å². The zero-order valence-corrected chi connectivity index (χ0v) is 15.3. The van der Waals surface area contributed by atoms with Crippen molar-refractivity contribution in [1.82, 2.24) is 5.32 Å². The van der Waals surface area contributed by atoms with Gasteiger partial charge in [0, 0.05) is 0 Å². The fourth-order valence-corrected chi connectivity index (χ4v) is 2.80. The van der Waals surface area contributed by atoms with Crippen LogP contribution in [0.2, 0.25) is 0 Å². The first kappa shape index (κ1) is 18.1.